The van der Waals surface area contributed by atoms with Crippen LogP contribution in [0.3, 0.4) is 0 Å². The molecule has 1 N–H and O–H groups in total. The molecule has 2 atom stereocenters. The van der Waals surface area contributed by atoms with Gasteiger partial charge < -0.3 is 14.6 Å². The maximum Gasteiger partial charge on any atom is 0.138 e. The number of anilines is 1. The van der Waals surface area contributed by atoms with E-state index in [9.17, 15) is 0 Å². The highest BCUT2D eigenvalue weighted by molar-refractivity contribution is 5.35. The van der Waals surface area contributed by atoms with Gasteiger partial charge in [0, 0.05) is 37.8 Å². The zero-order chi connectivity index (χ0) is 16.6. The predicted octanol–water partition coefficient (Wildman–Crippen LogP) is 2.53. The standard InChI is InChI=1S/C18H24N4O2/c1-13-16(14(2)24-21-13)10-22-8-6-18(12-22)9-15(11-23-18)20-17-5-3-4-7-19-17/h3-5,7,15H,6,8-12H2,1-2H3,(H,19,20)/t15-,18+/m0/s1. The predicted molar refractivity (Wildman–Crippen MR) is 90.8 cm³/mol. The molecule has 0 saturated carbocycles. The Morgan fingerprint density at radius 3 is 3.04 bits per heavy atom. The first kappa shape index (κ1) is 15.6. The summed E-state index contributed by atoms with van der Waals surface area (Å²) >= 11 is 0. The third-order valence-electron chi connectivity index (χ3n) is 5.18. The molecule has 0 amide bonds. The number of nitrogens with one attached hydrogen (secondary N) is 1. The van der Waals surface area contributed by atoms with Crippen molar-refractivity contribution in [3.63, 3.8) is 0 Å². The van der Waals surface area contributed by atoms with E-state index in [1.165, 1.54) is 5.56 Å². The minimum atomic E-state index is -0.0224. The van der Waals surface area contributed by atoms with E-state index >= 15 is 0 Å². The summed E-state index contributed by atoms with van der Waals surface area (Å²) in [6, 6.07) is 6.27. The maximum absolute atomic E-state index is 6.23. The van der Waals surface area contributed by atoms with Crippen LogP contribution in [0.2, 0.25) is 0 Å². The van der Waals surface area contributed by atoms with Crippen molar-refractivity contribution < 1.29 is 9.26 Å². The van der Waals surface area contributed by atoms with E-state index in [-0.39, 0.29) is 5.60 Å². The van der Waals surface area contributed by atoms with E-state index < -0.39 is 0 Å². The normalized spacial score (nSPS) is 27.2. The van der Waals surface area contributed by atoms with Gasteiger partial charge in [0.15, 0.2) is 0 Å². The summed E-state index contributed by atoms with van der Waals surface area (Å²) < 4.78 is 11.5. The Kier molecular flexibility index (Phi) is 4.02. The number of aryl methyl sites for hydroxylation is 2. The van der Waals surface area contributed by atoms with Gasteiger partial charge in [-0.05, 0) is 32.4 Å². The fraction of sp³-hybridized carbons (Fsp3) is 0.556. The molecule has 2 aromatic heterocycles. The Morgan fingerprint density at radius 1 is 1.38 bits per heavy atom. The van der Waals surface area contributed by atoms with Crippen molar-refractivity contribution in [1.82, 2.24) is 15.0 Å². The Hall–Kier alpha value is -1.92. The minimum Gasteiger partial charge on any atom is -0.371 e. The summed E-state index contributed by atoms with van der Waals surface area (Å²) in [6.07, 6.45) is 3.92. The van der Waals surface area contributed by atoms with Gasteiger partial charge in [0.2, 0.25) is 0 Å². The number of pyridine rings is 1. The molecule has 2 aliphatic heterocycles. The van der Waals surface area contributed by atoms with Crippen LogP contribution in [0.15, 0.2) is 28.9 Å². The third-order valence-corrected chi connectivity index (χ3v) is 5.18. The number of likely N-dealkylation sites (tertiary alicyclic amines) is 1. The molecule has 0 aliphatic carbocycles. The van der Waals surface area contributed by atoms with E-state index in [0.29, 0.717) is 6.04 Å². The maximum atomic E-state index is 6.23. The number of aromatic nitrogens is 2. The Labute approximate surface area is 142 Å². The molecule has 2 fully saturated rings. The molecule has 2 aliphatic rings. The zero-order valence-electron chi connectivity index (χ0n) is 14.3. The van der Waals surface area contributed by atoms with Crippen molar-refractivity contribution >= 4 is 5.82 Å². The van der Waals surface area contributed by atoms with Gasteiger partial charge in [-0.25, -0.2) is 4.98 Å². The Balaban J connectivity index is 1.36. The monoisotopic (exact) mass is 328 g/mol. The molecule has 128 valence electrons. The molecular weight excluding hydrogens is 304 g/mol. The van der Waals surface area contributed by atoms with Gasteiger partial charge in [-0.3, -0.25) is 4.90 Å². The summed E-state index contributed by atoms with van der Waals surface area (Å²) in [7, 11) is 0. The molecular formula is C18H24N4O2. The van der Waals surface area contributed by atoms with Crippen LogP contribution in [-0.4, -0.2) is 46.4 Å². The van der Waals surface area contributed by atoms with E-state index in [2.05, 4.69) is 20.4 Å². The molecule has 6 heteroatoms. The summed E-state index contributed by atoms with van der Waals surface area (Å²) in [5, 5.41) is 7.55. The van der Waals surface area contributed by atoms with Crippen molar-refractivity contribution in [3.05, 3.63) is 41.4 Å². The summed E-state index contributed by atoms with van der Waals surface area (Å²) in [4.78, 5) is 6.80. The molecule has 4 heterocycles. The highest BCUT2D eigenvalue weighted by Crippen LogP contribution is 2.36. The van der Waals surface area contributed by atoms with Crippen LogP contribution in [0.5, 0.6) is 0 Å². The minimum absolute atomic E-state index is 0.0224. The molecule has 1 spiro atoms. The molecule has 0 bridgehead atoms. The third kappa shape index (κ3) is 3.03. The molecule has 6 nitrogen and oxygen atoms in total. The first-order chi connectivity index (χ1) is 11.6. The van der Waals surface area contributed by atoms with Gasteiger partial charge in [0.1, 0.15) is 11.6 Å². The summed E-state index contributed by atoms with van der Waals surface area (Å²) in [6.45, 7) is 7.66. The number of ether oxygens (including phenoxy) is 1. The van der Waals surface area contributed by atoms with Crippen molar-refractivity contribution in [2.75, 3.05) is 25.0 Å². The van der Waals surface area contributed by atoms with Gasteiger partial charge >= 0.3 is 0 Å². The fourth-order valence-electron chi connectivity index (χ4n) is 3.89. The lowest BCUT2D eigenvalue weighted by atomic mass is 9.97. The molecule has 4 rings (SSSR count). The van der Waals surface area contributed by atoms with Crippen LogP contribution >= 0.6 is 0 Å². The van der Waals surface area contributed by atoms with Gasteiger partial charge in [-0.2, -0.15) is 0 Å². The lowest BCUT2D eigenvalue weighted by Gasteiger charge is -2.23. The summed E-state index contributed by atoms with van der Waals surface area (Å²) in [5.74, 6) is 1.85. The average molecular weight is 328 g/mol. The average Bonchev–Trinajstić information content (AvgIpc) is 3.26. The van der Waals surface area contributed by atoms with Crippen molar-refractivity contribution in [3.8, 4) is 0 Å². The topological polar surface area (TPSA) is 63.4 Å². The van der Waals surface area contributed by atoms with Crippen LogP contribution in [0.4, 0.5) is 5.82 Å². The number of nitrogens with zero attached hydrogens (tertiary/aromatic N) is 3. The fourth-order valence-corrected chi connectivity index (χ4v) is 3.89. The van der Waals surface area contributed by atoms with Gasteiger partial charge in [0.25, 0.3) is 0 Å². The van der Waals surface area contributed by atoms with Gasteiger partial charge in [-0.15, -0.1) is 0 Å². The Morgan fingerprint density at radius 2 is 2.29 bits per heavy atom. The SMILES string of the molecule is Cc1noc(C)c1CN1CC[C@@]2(C[C@H](Nc3ccccn3)CO2)C1. The van der Waals surface area contributed by atoms with Gasteiger partial charge in [-0.1, -0.05) is 11.2 Å². The quantitative estimate of drug-likeness (QED) is 0.930. The molecule has 24 heavy (non-hydrogen) atoms. The highest BCUT2D eigenvalue weighted by Gasteiger charge is 2.45. The summed E-state index contributed by atoms with van der Waals surface area (Å²) in [5.41, 5.74) is 2.19. The molecule has 0 aromatic carbocycles. The molecule has 2 saturated heterocycles. The zero-order valence-corrected chi connectivity index (χ0v) is 14.3. The number of hydrogen-bond acceptors (Lipinski definition) is 6. The van der Waals surface area contributed by atoms with Crippen LogP contribution < -0.4 is 5.32 Å². The van der Waals surface area contributed by atoms with Gasteiger partial charge in [0.05, 0.1) is 23.9 Å². The van der Waals surface area contributed by atoms with Crippen molar-refractivity contribution in [2.24, 2.45) is 0 Å². The smallest absolute Gasteiger partial charge is 0.138 e. The first-order valence-corrected chi connectivity index (χ1v) is 8.59. The lowest BCUT2D eigenvalue weighted by molar-refractivity contribution is 0.0119. The van der Waals surface area contributed by atoms with Crippen molar-refractivity contribution in [2.45, 2.75) is 44.9 Å². The number of rotatable bonds is 4. The molecule has 0 radical (unpaired) electrons. The van der Waals surface area contributed by atoms with Crippen LogP contribution in [-0.2, 0) is 11.3 Å². The van der Waals surface area contributed by atoms with E-state index in [1.807, 2.05) is 38.2 Å². The second kappa shape index (κ2) is 6.18. The van der Waals surface area contributed by atoms with Crippen molar-refractivity contribution in [1.29, 1.82) is 0 Å². The molecule has 2 aromatic rings. The highest BCUT2D eigenvalue weighted by atomic mass is 16.5. The molecule has 0 unspecified atom stereocenters. The number of hydrogen-bond donors (Lipinski definition) is 1. The van der Waals surface area contributed by atoms with E-state index in [4.69, 9.17) is 9.26 Å². The van der Waals surface area contributed by atoms with Crippen LogP contribution in [0, 0.1) is 13.8 Å². The van der Waals surface area contributed by atoms with E-state index in [0.717, 1.165) is 56.4 Å². The largest absolute Gasteiger partial charge is 0.371 e. The van der Waals surface area contributed by atoms with Crippen LogP contribution in [0.1, 0.15) is 29.9 Å². The lowest BCUT2D eigenvalue weighted by Crippen LogP contribution is -2.33. The first-order valence-electron chi connectivity index (χ1n) is 8.59. The second-order valence-corrected chi connectivity index (χ2v) is 7.02. The van der Waals surface area contributed by atoms with Crippen LogP contribution in [0.25, 0.3) is 0 Å². The second-order valence-electron chi connectivity index (χ2n) is 7.02. The van der Waals surface area contributed by atoms with E-state index in [1.54, 1.807) is 0 Å². The Bertz CT molecular complexity index is 683.